The van der Waals surface area contributed by atoms with Crippen LogP contribution >= 0.6 is 0 Å². The van der Waals surface area contributed by atoms with Gasteiger partial charge in [0.2, 0.25) is 0 Å². The van der Waals surface area contributed by atoms with Crippen molar-refractivity contribution in [2.45, 2.75) is 45.2 Å². The summed E-state index contributed by atoms with van der Waals surface area (Å²) in [6, 6.07) is 1.62. The molecule has 0 radical (unpaired) electrons. The fraction of sp³-hybridized carbons (Fsp3) is 1.00. The molecular formula is C10H22N2. The quantitative estimate of drug-likeness (QED) is 0.623. The molecule has 1 aliphatic rings. The summed E-state index contributed by atoms with van der Waals surface area (Å²) >= 11 is 0. The summed E-state index contributed by atoms with van der Waals surface area (Å²) < 4.78 is 0. The average molecular weight is 170 g/mol. The van der Waals surface area contributed by atoms with E-state index in [-0.39, 0.29) is 0 Å². The van der Waals surface area contributed by atoms with Crippen molar-refractivity contribution in [3.05, 3.63) is 0 Å². The predicted octanol–water partition coefficient (Wildman–Crippen LogP) is 1.77. The summed E-state index contributed by atoms with van der Waals surface area (Å²) in [4.78, 5) is 4.93. The van der Waals surface area contributed by atoms with E-state index in [0.717, 1.165) is 18.8 Å². The molecule has 1 fully saturated rings. The van der Waals surface area contributed by atoms with Crippen molar-refractivity contribution in [3.63, 3.8) is 0 Å². The highest BCUT2D eigenvalue weighted by molar-refractivity contribution is 4.81. The smallest absolute Gasteiger partial charge is 0.0505 e. The van der Waals surface area contributed by atoms with Gasteiger partial charge in [-0.3, -0.25) is 9.80 Å². The average Bonchev–Trinajstić information content (AvgIpc) is 2.05. The molecule has 2 nitrogen and oxygen atoms in total. The van der Waals surface area contributed by atoms with Gasteiger partial charge < -0.3 is 0 Å². The lowest BCUT2D eigenvalue weighted by atomic mass is 9.98. The molecule has 1 rings (SSSR count). The first-order valence-corrected chi connectivity index (χ1v) is 5.09. The number of nitrogens with zero attached hydrogens (tertiary/aromatic N) is 2. The summed E-state index contributed by atoms with van der Waals surface area (Å²) in [5, 5.41) is 0. The highest BCUT2D eigenvalue weighted by Crippen LogP contribution is 2.20. The van der Waals surface area contributed by atoms with Crippen molar-refractivity contribution in [1.29, 1.82) is 0 Å². The lowest BCUT2D eigenvalue weighted by molar-refractivity contribution is 0.0301. The van der Waals surface area contributed by atoms with Crippen molar-refractivity contribution in [1.82, 2.24) is 9.80 Å². The number of hydrogen-bond acceptors (Lipinski definition) is 2. The summed E-state index contributed by atoms with van der Waals surface area (Å²) in [7, 11) is 4.47. The van der Waals surface area contributed by atoms with Crippen molar-refractivity contribution < 1.29 is 0 Å². The third kappa shape index (κ3) is 1.99. The predicted molar refractivity (Wildman–Crippen MR) is 53.2 cm³/mol. The maximum Gasteiger partial charge on any atom is 0.0505 e. The first-order valence-electron chi connectivity index (χ1n) is 5.09. The third-order valence-electron chi connectivity index (χ3n) is 3.18. The fourth-order valence-corrected chi connectivity index (χ4v) is 2.21. The van der Waals surface area contributed by atoms with Gasteiger partial charge in [0.1, 0.15) is 0 Å². The van der Waals surface area contributed by atoms with Gasteiger partial charge in [0, 0.05) is 12.1 Å². The Labute approximate surface area is 76.5 Å². The van der Waals surface area contributed by atoms with E-state index in [2.05, 4.69) is 37.7 Å². The van der Waals surface area contributed by atoms with E-state index in [1.807, 2.05) is 0 Å². The van der Waals surface area contributed by atoms with Gasteiger partial charge in [0.25, 0.3) is 0 Å². The Morgan fingerprint density at radius 3 is 1.75 bits per heavy atom. The van der Waals surface area contributed by atoms with Gasteiger partial charge >= 0.3 is 0 Å². The van der Waals surface area contributed by atoms with Crippen LogP contribution in [0.15, 0.2) is 0 Å². The zero-order chi connectivity index (χ0) is 9.14. The van der Waals surface area contributed by atoms with E-state index in [1.54, 1.807) is 0 Å². The molecule has 0 N–H and O–H groups in total. The molecule has 2 unspecified atom stereocenters. The van der Waals surface area contributed by atoms with Crippen LogP contribution in [0.5, 0.6) is 0 Å². The van der Waals surface area contributed by atoms with E-state index < -0.39 is 0 Å². The van der Waals surface area contributed by atoms with Gasteiger partial charge in [-0.2, -0.15) is 0 Å². The molecule has 0 aromatic rings. The summed E-state index contributed by atoms with van der Waals surface area (Å²) in [6.07, 6.45) is 3.93. The second-order valence-corrected chi connectivity index (χ2v) is 4.02. The van der Waals surface area contributed by atoms with Crippen LogP contribution in [0, 0.1) is 0 Å². The van der Waals surface area contributed by atoms with Crippen LogP contribution in [0.3, 0.4) is 0 Å². The van der Waals surface area contributed by atoms with Gasteiger partial charge in [0.05, 0.1) is 6.67 Å². The molecule has 2 heteroatoms. The molecular weight excluding hydrogens is 148 g/mol. The van der Waals surface area contributed by atoms with E-state index in [4.69, 9.17) is 0 Å². The van der Waals surface area contributed by atoms with E-state index in [9.17, 15) is 0 Å². The molecule has 1 aliphatic heterocycles. The Balaban J connectivity index is 2.50. The minimum Gasteiger partial charge on any atom is -0.291 e. The maximum atomic E-state index is 2.46. The molecule has 1 saturated heterocycles. The first-order chi connectivity index (χ1) is 5.69. The van der Waals surface area contributed by atoms with Gasteiger partial charge in [0.15, 0.2) is 0 Å². The van der Waals surface area contributed by atoms with Gasteiger partial charge in [-0.1, -0.05) is 13.8 Å². The Kier molecular flexibility index (Phi) is 3.53. The van der Waals surface area contributed by atoms with Gasteiger partial charge in [-0.25, -0.2) is 0 Å². The van der Waals surface area contributed by atoms with Crippen molar-refractivity contribution in [3.8, 4) is 0 Å². The topological polar surface area (TPSA) is 6.48 Å². The zero-order valence-corrected chi connectivity index (χ0v) is 8.88. The minimum atomic E-state index is 0.811. The molecule has 0 spiro atoms. The van der Waals surface area contributed by atoms with Gasteiger partial charge in [-0.05, 0) is 33.4 Å². The maximum absolute atomic E-state index is 2.46. The number of rotatable bonds is 2. The molecule has 0 bridgehead atoms. The van der Waals surface area contributed by atoms with E-state index in [1.165, 1.54) is 19.3 Å². The van der Waals surface area contributed by atoms with Crippen LogP contribution < -0.4 is 0 Å². The molecule has 1 heterocycles. The molecule has 0 saturated carbocycles. The Hall–Kier alpha value is -0.0800. The van der Waals surface area contributed by atoms with Crippen molar-refractivity contribution in [2.75, 3.05) is 20.8 Å². The van der Waals surface area contributed by atoms with Crippen LogP contribution in [0.2, 0.25) is 0 Å². The molecule has 2 atom stereocenters. The molecule has 0 aliphatic carbocycles. The fourth-order valence-electron chi connectivity index (χ4n) is 2.21. The summed E-state index contributed by atoms with van der Waals surface area (Å²) in [5.74, 6) is 0. The second-order valence-electron chi connectivity index (χ2n) is 4.02. The second kappa shape index (κ2) is 4.24. The Morgan fingerprint density at radius 2 is 1.42 bits per heavy atom. The van der Waals surface area contributed by atoms with Crippen LogP contribution in [-0.4, -0.2) is 42.6 Å². The largest absolute Gasteiger partial charge is 0.291 e. The van der Waals surface area contributed by atoms with Gasteiger partial charge in [-0.15, -0.1) is 0 Å². The van der Waals surface area contributed by atoms with E-state index in [0.29, 0.717) is 0 Å². The van der Waals surface area contributed by atoms with Crippen LogP contribution in [0.4, 0.5) is 0 Å². The van der Waals surface area contributed by atoms with Crippen LogP contribution in [0.25, 0.3) is 0 Å². The molecule has 0 aromatic heterocycles. The van der Waals surface area contributed by atoms with Crippen LogP contribution in [0.1, 0.15) is 33.1 Å². The van der Waals surface area contributed by atoms with Crippen molar-refractivity contribution in [2.24, 2.45) is 0 Å². The summed E-state index contributed by atoms with van der Waals surface area (Å²) in [5.41, 5.74) is 0. The number of hydrogen-bond donors (Lipinski definition) is 0. The normalized spacial score (nSPS) is 34.0. The molecule has 12 heavy (non-hydrogen) atoms. The molecule has 0 amide bonds. The first kappa shape index (κ1) is 10.0. The summed E-state index contributed by atoms with van der Waals surface area (Å²) in [6.45, 7) is 5.72. The monoisotopic (exact) mass is 170 g/mol. The standard InChI is InChI=1S/C10H22N2/c1-5-9-7-10(6-2)12(4)8-11(9)3/h9-10H,5-8H2,1-4H3. The lowest BCUT2D eigenvalue weighted by Gasteiger charge is -2.42. The zero-order valence-electron chi connectivity index (χ0n) is 8.88. The Bertz CT molecular complexity index is 122. The third-order valence-corrected chi connectivity index (χ3v) is 3.18. The molecule has 72 valence electrons. The Morgan fingerprint density at radius 1 is 1.00 bits per heavy atom. The highest BCUT2D eigenvalue weighted by Gasteiger charge is 2.26. The van der Waals surface area contributed by atoms with Crippen LogP contribution in [-0.2, 0) is 0 Å². The minimum absolute atomic E-state index is 0.811. The lowest BCUT2D eigenvalue weighted by Crippen LogP contribution is -2.51. The molecule has 0 aromatic carbocycles. The van der Waals surface area contributed by atoms with E-state index >= 15 is 0 Å². The van der Waals surface area contributed by atoms with Crippen molar-refractivity contribution >= 4 is 0 Å². The highest BCUT2D eigenvalue weighted by atomic mass is 15.3. The SMILES string of the molecule is CCC1CC(CC)N(C)CN1C.